The van der Waals surface area contributed by atoms with Crippen molar-refractivity contribution in [2.75, 3.05) is 19.8 Å². The van der Waals surface area contributed by atoms with Crippen molar-refractivity contribution in [3.05, 3.63) is 54.1 Å². The number of hydrogen-bond donors (Lipinski definition) is 0. The van der Waals surface area contributed by atoms with Crippen molar-refractivity contribution in [3.8, 4) is 22.9 Å². The molecule has 1 aliphatic heterocycles. The lowest BCUT2D eigenvalue weighted by Gasteiger charge is -2.18. The van der Waals surface area contributed by atoms with E-state index in [4.69, 9.17) is 19.5 Å². The van der Waals surface area contributed by atoms with Gasteiger partial charge in [-0.1, -0.05) is 24.3 Å². The van der Waals surface area contributed by atoms with Crippen LogP contribution in [0.3, 0.4) is 0 Å². The summed E-state index contributed by atoms with van der Waals surface area (Å²) in [5.41, 5.74) is 2.90. The maximum atomic E-state index is 8.88. The number of nitrogens with zero attached hydrogens (tertiary/aromatic N) is 1. The quantitative estimate of drug-likeness (QED) is 0.457. The van der Waals surface area contributed by atoms with Crippen LogP contribution in [-0.4, -0.2) is 32.0 Å². The number of hydrogen-bond acceptors (Lipinski definition) is 4. The number of rotatable bonds is 9. The van der Waals surface area contributed by atoms with Crippen LogP contribution in [-0.2, 0) is 9.47 Å². The molecule has 1 saturated heterocycles. The Morgan fingerprint density at radius 1 is 0.893 bits per heavy atom. The Kier molecular flexibility index (Phi) is 6.26. The summed E-state index contributed by atoms with van der Waals surface area (Å²) < 4.78 is 17.2. The molecule has 2 aliphatic rings. The summed E-state index contributed by atoms with van der Waals surface area (Å²) in [5, 5.41) is 8.88. The number of nitriles is 1. The molecule has 4 rings (SSSR count). The largest absolute Gasteiger partial charge is 0.494 e. The van der Waals surface area contributed by atoms with Crippen LogP contribution in [0.4, 0.5) is 0 Å². The van der Waals surface area contributed by atoms with E-state index >= 15 is 0 Å². The highest BCUT2D eigenvalue weighted by atomic mass is 16.6. The van der Waals surface area contributed by atoms with Crippen LogP contribution in [0.5, 0.6) is 5.75 Å². The lowest BCUT2D eigenvalue weighted by molar-refractivity contribution is 0.0833. The summed E-state index contributed by atoms with van der Waals surface area (Å²) in [6, 6.07) is 17.9. The molecule has 3 atom stereocenters. The number of fused-ring (bicyclic) bond motifs is 1. The average molecular weight is 377 g/mol. The third-order valence-corrected chi connectivity index (χ3v) is 5.62. The summed E-state index contributed by atoms with van der Waals surface area (Å²) in [7, 11) is 0. The van der Waals surface area contributed by atoms with Crippen molar-refractivity contribution < 1.29 is 14.2 Å². The fraction of sp³-hybridized carbons (Fsp3) is 0.458. The van der Waals surface area contributed by atoms with Crippen LogP contribution < -0.4 is 4.74 Å². The zero-order chi connectivity index (χ0) is 19.2. The maximum Gasteiger partial charge on any atom is 0.119 e. The van der Waals surface area contributed by atoms with Crippen LogP contribution in [0.15, 0.2) is 48.5 Å². The van der Waals surface area contributed by atoms with Crippen LogP contribution >= 0.6 is 0 Å². The number of epoxide rings is 1. The summed E-state index contributed by atoms with van der Waals surface area (Å²) in [5.74, 6) is 1.58. The van der Waals surface area contributed by atoms with E-state index in [-0.39, 0.29) is 0 Å². The highest BCUT2D eigenvalue weighted by Crippen LogP contribution is 2.39. The van der Waals surface area contributed by atoms with E-state index in [0.29, 0.717) is 30.3 Å². The van der Waals surface area contributed by atoms with Gasteiger partial charge in [0.05, 0.1) is 30.4 Å². The average Bonchev–Trinajstić information content (AvgIpc) is 3.52. The van der Waals surface area contributed by atoms with Gasteiger partial charge < -0.3 is 14.2 Å². The second-order valence-corrected chi connectivity index (χ2v) is 7.74. The van der Waals surface area contributed by atoms with Gasteiger partial charge in [-0.25, -0.2) is 0 Å². The molecule has 0 aromatic heterocycles. The zero-order valence-corrected chi connectivity index (χ0v) is 16.2. The molecule has 2 fully saturated rings. The van der Waals surface area contributed by atoms with Crippen LogP contribution in [0.2, 0.25) is 0 Å². The van der Waals surface area contributed by atoms with Gasteiger partial charge in [0.25, 0.3) is 0 Å². The van der Waals surface area contributed by atoms with Gasteiger partial charge in [-0.3, -0.25) is 0 Å². The molecule has 2 aromatic rings. The lowest BCUT2D eigenvalue weighted by Crippen LogP contribution is -2.18. The predicted molar refractivity (Wildman–Crippen MR) is 108 cm³/mol. The molecular weight excluding hydrogens is 350 g/mol. The smallest absolute Gasteiger partial charge is 0.119 e. The van der Waals surface area contributed by atoms with E-state index in [0.717, 1.165) is 42.9 Å². The zero-order valence-electron chi connectivity index (χ0n) is 16.2. The summed E-state index contributed by atoms with van der Waals surface area (Å²) in [6.07, 6.45) is 6.80. The minimum absolute atomic E-state index is 0.541. The van der Waals surface area contributed by atoms with Gasteiger partial charge in [0.2, 0.25) is 0 Å². The molecule has 0 radical (unpaired) electrons. The standard InChI is InChI=1S/C24H27NO3/c25-16-18-3-6-20(7-4-18)21-8-10-22(11-9-21)27-14-2-1-13-26-17-19-5-12-23-24(15-19)28-23/h3-4,6-11,19,23-24H,1-2,5,12-15,17H2. The van der Waals surface area contributed by atoms with Crippen LogP contribution in [0.1, 0.15) is 37.7 Å². The molecule has 3 unspecified atom stereocenters. The van der Waals surface area contributed by atoms with E-state index in [1.807, 2.05) is 36.4 Å². The normalized spacial score (nSPS) is 22.9. The van der Waals surface area contributed by atoms with Crippen molar-refractivity contribution in [2.24, 2.45) is 5.92 Å². The van der Waals surface area contributed by atoms with Gasteiger partial charge >= 0.3 is 0 Å². The van der Waals surface area contributed by atoms with Gasteiger partial charge in [-0.05, 0) is 73.4 Å². The molecule has 0 N–H and O–H groups in total. The Morgan fingerprint density at radius 3 is 2.32 bits per heavy atom. The van der Waals surface area contributed by atoms with E-state index in [1.165, 1.54) is 19.3 Å². The number of unbranched alkanes of at least 4 members (excludes halogenated alkanes) is 1. The minimum atomic E-state index is 0.541. The third-order valence-electron chi connectivity index (χ3n) is 5.62. The van der Waals surface area contributed by atoms with Crippen molar-refractivity contribution in [3.63, 3.8) is 0 Å². The number of benzene rings is 2. The van der Waals surface area contributed by atoms with Crippen LogP contribution in [0.25, 0.3) is 11.1 Å². The maximum absolute atomic E-state index is 8.88. The number of ether oxygens (including phenoxy) is 3. The van der Waals surface area contributed by atoms with Gasteiger partial charge in [0.1, 0.15) is 5.75 Å². The first-order valence-corrected chi connectivity index (χ1v) is 10.3. The Labute approximate surface area is 167 Å². The first kappa shape index (κ1) is 19.0. The first-order valence-electron chi connectivity index (χ1n) is 10.3. The second-order valence-electron chi connectivity index (χ2n) is 7.74. The molecule has 1 aliphatic carbocycles. The van der Waals surface area contributed by atoms with E-state index in [1.54, 1.807) is 0 Å². The molecule has 1 heterocycles. The topological polar surface area (TPSA) is 54.8 Å². The molecule has 0 amide bonds. The summed E-state index contributed by atoms with van der Waals surface area (Å²) >= 11 is 0. The first-order chi connectivity index (χ1) is 13.8. The SMILES string of the molecule is N#Cc1ccc(-c2ccc(OCCCCOCC3CCC4OC4C3)cc2)cc1. The van der Waals surface area contributed by atoms with Crippen LogP contribution in [0, 0.1) is 17.2 Å². The van der Waals surface area contributed by atoms with Gasteiger partial charge in [-0.15, -0.1) is 0 Å². The highest BCUT2D eigenvalue weighted by Gasteiger charge is 2.43. The minimum Gasteiger partial charge on any atom is -0.494 e. The fourth-order valence-corrected chi connectivity index (χ4v) is 3.87. The Balaban J connectivity index is 1.10. The molecule has 146 valence electrons. The fourth-order valence-electron chi connectivity index (χ4n) is 3.87. The Morgan fingerprint density at radius 2 is 1.61 bits per heavy atom. The van der Waals surface area contributed by atoms with Gasteiger partial charge in [-0.2, -0.15) is 5.26 Å². The molecular formula is C24H27NO3. The Hall–Kier alpha value is -2.35. The van der Waals surface area contributed by atoms with Gasteiger partial charge in [0, 0.05) is 13.2 Å². The molecule has 1 saturated carbocycles. The highest BCUT2D eigenvalue weighted by molar-refractivity contribution is 5.64. The molecule has 0 spiro atoms. The molecule has 0 bridgehead atoms. The Bertz CT molecular complexity index is 794. The second kappa shape index (κ2) is 9.23. The summed E-state index contributed by atoms with van der Waals surface area (Å²) in [6.45, 7) is 2.40. The molecule has 4 nitrogen and oxygen atoms in total. The molecule has 28 heavy (non-hydrogen) atoms. The van der Waals surface area contributed by atoms with Gasteiger partial charge in [0.15, 0.2) is 0 Å². The molecule has 4 heteroatoms. The lowest BCUT2D eigenvalue weighted by atomic mass is 9.90. The van der Waals surface area contributed by atoms with Crippen molar-refractivity contribution in [1.29, 1.82) is 5.26 Å². The summed E-state index contributed by atoms with van der Waals surface area (Å²) in [4.78, 5) is 0. The monoisotopic (exact) mass is 377 g/mol. The van der Waals surface area contributed by atoms with Crippen molar-refractivity contribution in [2.45, 2.75) is 44.3 Å². The van der Waals surface area contributed by atoms with E-state index in [2.05, 4.69) is 18.2 Å². The van der Waals surface area contributed by atoms with E-state index in [9.17, 15) is 0 Å². The molecule has 2 aromatic carbocycles. The third kappa shape index (κ3) is 5.13. The van der Waals surface area contributed by atoms with Crippen molar-refractivity contribution in [1.82, 2.24) is 0 Å². The van der Waals surface area contributed by atoms with Crippen molar-refractivity contribution >= 4 is 0 Å². The van der Waals surface area contributed by atoms with E-state index < -0.39 is 0 Å². The predicted octanol–water partition coefficient (Wildman–Crippen LogP) is 4.97.